The van der Waals surface area contributed by atoms with Crippen molar-refractivity contribution < 1.29 is 14.2 Å². The number of ether oxygens (including phenoxy) is 3. The number of hydrogen-bond acceptors (Lipinski definition) is 9. The number of aromatic nitrogens is 6. The maximum atomic E-state index is 6.50. The topological polar surface area (TPSA) is 115 Å². The number of benzene rings is 1. The summed E-state index contributed by atoms with van der Waals surface area (Å²) in [5.41, 5.74) is 4.10. The number of H-pyrrole nitrogens is 1. The molecular weight excluding hydrogens is 472 g/mol. The minimum absolute atomic E-state index is 0.124. The van der Waals surface area contributed by atoms with Crippen molar-refractivity contribution in [3.05, 3.63) is 30.6 Å². The molecule has 2 fully saturated rings. The van der Waals surface area contributed by atoms with Gasteiger partial charge >= 0.3 is 0 Å². The van der Waals surface area contributed by atoms with Crippen LogP contribution in [-0.4, -0.2) is 69.5 Å². The summed E-state index contributed by atoms with van der Waals surface area (Å²) in [6.45, 7) is 3.17. The highest BCUT2D eigenvalue weighted by Crippen LogP contribution is 2.36. The van der Waals surface area contributed by atoms with E-state index in [0.717, 1.165) is 80.0 Å². The first-order valence-electron chi connectivity index (χ1n) is 12.9. The lowest BCUT2D eigenvalue weighted by atomic mass is 9.98. The zero-order valence-corrected chi connectivity index (χ0v) is 21.2. The van der Waals surface area contributed by atoms with E-state index in [0.29, 0.717) is 23.2 Å². The average Bonchev–Trinajstić information content (AvgIpc) is 3.56. The van der Waals surface area contributed by atoms with Gasteiger partial charge in [0.15, 0.2) is 5.65 Å². The van der Waals surface area contributed by atoms with E-state index in [9.17, 15) is 0 Å². The second-order valence-corrected chi connectivity index (χ2v) is 9.54. The molecule has 0 atom stereocenters. The van der Waals surface area contributed by atoms with Crippen LogP contribution in [0.4, 0.5) is 17.3 Å². The summed E-state index contributed by atoms with van der Waals surface area (Å²) in [4.78, 5) is 11.8. The van der Waals surface area contributed by atoms with Crippen molar-refractivity contribution in [1.82, 2.24) is 29.9 Å². The third kappa shape index (κ3) is 4.91. The molecule has 0 radical (unpaired) electrons. The van der Waals surface area contributed by atoms with Gasteiger partial charge in [-0.3, -0.25) is 9.78 Å². The summed E-state index contributed by atoms with van der Waals surface area (Å²) in [6.07, 6.45) is 9.47. The molecule has 1 saturated carbocycles. The van der Waals surface area contributed by atoms with Gasteiger partial charge in [0, 0.05) is 43.7 Å². The van der Waals surface area contributed by atoms with E-state index in [1.807, 2.05) is 25.4 Å². The van der Waals surface area contributed by atoms with Crippen molar-refractivity contribution in [2.45, 2.75) is 38.2 Å². The SMILES string of the molecule is COc1cc(N2CCOCC2)ccc1Nc1nc(OC2CCCCC2)c2c(-c3cnn(C)c3)[nH]nc2n1. The number of nitrogens with one attached hydrogen (secondary N) is 2. The number of nitrogens with zero attached hydrogens (tertiary/aromatic N) is 6. The summed E-state index contributed by atoms with van der Waals surface area (Å²) in [5, 5.41) is 16.0. The monoisotopic (exact) mass is 504 g/mol. The summed E-state index contributed by atoms with van der Waals surface area (Å²) >= 11 is 0. The summed E-state index contributed by atoms with van der Waals surface area (Å²) in [5.74, 6) is 1.64. The smallest absolute Gasteiger partial charge is 0.232 e. The second kappa shape index (κ2) is 10.3. The quantitative estimate of drug-likeness (QED) is 0.384. The fraction of sp³-hybridized carbons (Fsp3) is 0.462. The fourth-order valence-electron chi connectivity index (χ4n) is 5.06. The van der Waals surface area contributed by atoms with E-state index in [-0.39, 0.29) is 6.10 Å². The number of methoxy groups -OCH3 is 1. The third-order valence-corrected chi connectivity index (χ3v) is 7.01. The number of aryl methyl sites for hydroxylation is 1. The predicted octanol–water partition coefficient (Wildman–Crippen LogP) is 4.05. The van der Waals surface area contributed by atoms with Gasteiger partial charge in [0.1, 0.15) is 17.2 Å². The molecule has 1 aliphatic heterocycles. The highest BCUT2D eigenvalue weighted by molar-refractivity contribution is 5.95. The Morgan fingerprint density at radius 2 is 1.95 bits per heavy atom. The predicted molar refractivity (Wildman–Crippen MR) is 141 cm³/mol. The van der Waals surface area contributed by atoms with E-state index in [2.05, 4.69) is 31.6 Å². The van der Waals surface area contributed by atoms with Crippen molar-refractivity contribution in [2.75, 3.05) is 43.6 Å². The molecule has 37 heavy (non-hydrogen) atoms. The largest absolute Gasteiger partial charge is 0.494 e. The van der Waals surface area contributed by atoms with Gasteiger partial charge in [-0.15, -0.1) is 0 Å². The first kappa shape index (κ1) is 23.5. The molecule has 0 amide bonds. The molecule has 11 nitrogen and oxygen atoms in total. The Morgan fingerprint density at radius 3 is 2.70 bits per heavy atom. The maximum absolute atomic E-state index is 6.50. The Morgan fingerprint density at radius 1 is 1.11 bits per heavy atom. The van der Waals surface area contributed by atoms with Crippen molar-refractivity contribution in [3.8, 4) is 22.9 Å². The fourth-order valence-corrected chi connectivity index (χ4v) is 5.06. The number of fused-ring (bicyclic) bond motifs is 1. The van der Waals surface area contributed by atoms with Crippen LogP contribution in [0, 0.1) is 0 Å². The van der Waals surface area contributed by atoms with Crippen LogP contribution < -0.4 is 19.7 Å². The van der Waals surface area contributed by atoms with E-state index in [1.165, 1.54) is 6.42 Å². The first-order chi connectivity index (χ1) is 18.2. The Balaban J connectivity index is 1.35. The van der Waals surface area contributed by atoms with Crippen LogP contribution in [0.25, 0.3) is 22.3 Å². The van der Waals surface area contributed by atoms with Gasteiger partial charge in [-0.2, -0.15) is 20.2 Å². The molecule has 1 aromatic carbocycles. The van der Waals surface area contributed by atoms with Crippen LogP contribution in [0.3, 0.4) is 0 Å². The van der Waals surface area contributed by atoms with E-state index in [1.54, 1.807) is 18.0 Å². The van der Waals surface area contributed by atoms with Crippen LogP contribution in [-0.2, 0) is 11.8 Å². The standard InChI is InChI=1S/C26H32N8O3/c1-33-16-17(15-27-33)23-22-24(32-31-23)29-26(30-25(22)37-19-6-4-3-5-7-19)28-20-9-8-18(14-21(20)35-2)34-10-12-36-13-11-34/h8-9,14-16,19H,3-7,10-13H2,1-2H3,(H2,28,29,30,31,32). The number of hydrogen-bond donors (Lipinski definition) is 2. The van der Waals surface area contributed by atoms with Crippen LogP contribution in [0.2, 0.25) is 0 Å². The maximum Gasteiger partial charge on any atom is 0.232 e. The van der Waals surface area contributed by atoms with Gasteiger partial charge < -0.3 is 24.4 Å². The summed E-state index contributed by atoms with van der Waals surface area (Å²) in [6, 6.07) is 6.09. The Kier molecular flexibility index (Phi) is 6.52. The first-order valence-corrected chi connectivity index (χ1v) is 12.9. The zero-order chi connectivity index (χ0) is 25.2. The van der Waals surface area contributed by atoms with E-state index in [4.69, 9.17) is 24.2 Å². The molecular formula is C26H32N8O3. The Hall–Kier alpha value is -3.86. The average molecular weight is 505 g/mol. The van der Waals surface area contributed by atoms with E-state index >= 15 is 0 Å². The van der Waals surface area contributed by atoms with Crippen LogP contribution >= 0.6 is 0 Å². The zero-order valence-electron chi connectivity index (χ0n) is 21.2. The van der Waals surface area contributed by atoms with Gasteiger partial charge in [-0.05, 0) is 37.8 Å². The normalized spacial score (nSPS) is 16.8. The van der Waals surface area contributed by atoms with Crippen LogP contribution in [0.15, 0.2) is 30.6 Å². The number of aromatic amines is 1. The lowest BCUT2D eigenvalue weighted by Gasteiger charge is -2.29. The molecule has 194 valence electrons. The molecule has 1 saturated heterocycles. The Bertz CT molecular complexity index is 1370. The third-order valence-electron chi connectivity index (χ3n) is 7.01. The second-order valence-electron chi connectivity index (χ2n) is 9.54. The van der Waals surface area contributed by atoms with Crippen molar-refractivity contribution >= 4 is 28.4 Å². The minimum atomic E-state index is 0.124. The van der Waals surface area contributed by atoms with E-state index < -0.39 is 0 Å². The summed E-state index contributed by atoms with van der Waals surface area (Å²) < 4.78 is 19.5. The molecule has 4 heterocycles. The van der Waals surface area contributed by atoms with Gasteiger partial charge in [0.25, 0.3) is 0 Å². The molecule has 11 heteroatoms. The van der Waals surface area contributed by atoms with Crippen molar-refractivity contribution in [1.29, 1.82) is 0 Å². The van der Waals surface area contributed by atoms with Gasteiger partial charge in [-0.1, -0.05) is 6.42 Å². The lowest BCUT2D eigenvalue weighted by Crippen LogP contribution is -2.36. The minimum Gasteiger partial charge on any atom is -0.494 e. The molecule has 4 aromatic rings. The summed E-state index contributed by atoms with van der Waals surface area (Å²) in [7, 11) is 3.55. The molecule has 6 rings (SSSR count). The number of anilines is 3. The van der Waals surface area contributed by atoms with Crippen LogP contribution in [0.5, 0.6) is 11.6 Å². The van der Waals surface area contributed by atoms with Crippen molar-refractivity contribution in [3.63, 3.8) is 0 Å². The van der Waals surface area contributed by atoms with Crippen molar-refractivity contribution in [2.24, 2.45) is 7.05 Å². The van der Waals surface area contributed by atoms with Crippen LogP contribution in [0.1, 0.15) is 32.1 Å². The molecule has 1 aliphatic carbocycles. The van der Waals surface area contributed by atoms with Gasteiger partial charge in [0.2, 0.25) is 11.8 Å². The van der Waals surface area contributed by atoms with Gasteiger partial charge in [0.05, 0.1) is 37.9 Å². The number of morpholine rings is 1. The molecule has 2 aliphatic rings. The molecule has 0 spiro atoms. The lowest BCUT2D eigenvalue weighted by molar-refractivity contribution is 0.122. The highest BCUT2D eigenvalue weighted by Gasteiger charge is 2.23. The number of rotatable bonds is 7. The Labute approximate surface area is 215 Å². The highest BCUT2D eigenvalue weighted by atomic mass is 16.5. The van der Waals surface area contributed by atoms with Gasteiger partial charge in [-0.25, -0.2) is 0 Å². The molecule has 2 N–H and O–H groups in total. The molecule has 0 unspecified atom stereocenters. The molecule has 3 aromatic heterocycles. The molecule has 0 bridgehead atoms.